The average molecular weight is 221 g/mol. The third kappa shape index (κ3) is 2.44. The van der Waals surface area contributed by atoms with Crippen LogP contribution in [-0.4, -0.2) is 29.3 Å². The first kappa shape index (κ1) is 11.2. The number of hydrogen-bond donors (Lipinski definition) is 2. The lowest BCUT2D eigenvalue weighted by molar-refractivity contribution is 0.255. The Morgan fingerprint density at radius 3 is 3.06 bits per heavy atom. The maximum absolute atomic E-state index is 9.43. The van der Waals surface area contributed by atoms with Crippen molar-refractivity contribution in [2.45, 2.75) is 31.7 Å². The number of pyridine rings is 1. The summed E-state index contributed by atoms with van der Waals surface area (Å²) in [6.45, 7) is 1.21. The number of aromatic nitrogens is 1. The van der Waals surface area contributed by atoms with Gasteiger partial charge in [0.15, 0.2) is 0 Å². The molecular formula is C12H19N3O. The van der Waals surface area contributed by atoms with Crippen molar-refractivity contribution < 1.29 is 5.11 Å². The van der Waals surface area contributed by atoms with Gasteiger partial charge in [-0.05, 0) is 18.9 Å². The average Bonchev–Trinajstić information content (AvgIpc) is 2.53. The minimum Gasteiger partial charge on any atom is -0.394 e. The van der Waals surface area contributed by atoms with E-state index in [1.165, 1.54) is 19.3 Å². The van der Waals surface area contributed by atoms with Gasteiger partial charge < -0.3 is 15.7 Å². The highest BCUT2D eigenvalue weighted by Crippen LogP contribution is 2.24. The van der Waals surface area contributed by atoms with E-state index in [-0.39, 0.29) is 12.6 Å². The molecule has 4 heteroatoms. The van der Waals surface area contributed by atoms with Crippen molar-refractivity contribution in [3.63, 3.8) is 0 Å². The van der Waals surface area contributed by atoms with Crippen molar-refractivity contribution in [1.29, 1.82) is 0 Å². The van der Waals surface area contributed by atoms with E-state index in [2.05, 4.69) is 9.88 Å². The molecule has 0 radical (unpaired) electrons. The third-order valence-electron chi connectivity index (χ3n) is 3.18. The molecule has 1 unspecified atom stereocenters. The molecule has 1 aliphatic rings. The summed E-state index contributed by atoms with van der Waals surface area (Å²) in [6.07, 6.45) is 6.40. The van der Waals surface area contributed by atoms with Gasteiger partial charge in [0.25, 0.3) is 0 Å². The summed E-state index contributed by atoms with van der Waals surface area (Å²) in [7, 11) is 0. The maximum atomic E-state index is 9.43. The highest BCUT2D eigenvalue weighted by molar-refractivity contribution is 5.52. The Bertz CT molecular complexity index is 343. The van der Waals surface area contributed by atoms with Gasteiger partial charge in [-0.2, -0.15) is 0 Å². The Kier molecular flexibility index (Phi) is 3.62. The fourth-order valence-corrected chi connectivity index (χ4v) is 2.32. The van der Waals surface area contributed by atoms with Crippen LogP contribution in [0.5, 0.6) is 0 Å². The molecule has 2 heterocycles. The smallest absolute Gasteiger partial charge is 0.125 e. The van der Waals surface area contributed by atoms with Crippen LogP contribution < -0.4 is 10.6 Å². The Hall–Kier alpha value is -1.29. The second-order valence-corrected chi connectivity index (χ2v) is 4.32. The monoisotopic (exact) mass is 221 g/mol. The molecule has 3 N–H and O–H groups in total. The Labute approximate surface area is 96.1 Å². The Morgan fingerprint density at radius 2 is 2.31 bits per heavy atom. The number of nitrogens with two attached hydrogens (primary N) is 1. The highest BCUT2D eigenvalue weighted by Gasteiger charge is 2.20. The standard InChI is InChI=1S/C12H19N3O/c13-12-8-10(5-6-14-12)15-7-3-1-2-4-11(15)9-16/h5-6,8,11,16H,1-4,7,9H2,(H2,13,14). The first-order chi connectivity index (χ1) is 7.81. The van der Waals surface area contributed by atoms with Crippen LogP contribution in [0.3, 0.4) is 0 Å². The molecule has 0 saturated carbocycles. The van der Waals surface area contributed by atoms with Crippen LogP contribution in [0, 0.1) is 0 Å². The zero-order valence-corrected chi connectivity index (χ0v) is 9.47. The van der Waals surface area contributed by atoms with Crippen LogP contribution in [0.4, 0.5) is 11.5 Å². The normalized spacial score (nSPS) is 21.8. The molecule has 1 atom stereocenters. The molecule has 0 amide bonds. The molecule has 0 aliphatic carbocycles. The Morgan fingerprint density at radius 1 is 1.44 bits per heavy atom. The number of aliphatic hydroxyl groups excluding tert-OH is 1. The summed E-state index contributed by atoms with van der Waals surface area (Å²) in [4.78, 5) is 6.25. The summed E-state index contributed by atoms with van der Waals surface area (Å²) >= 11 is 0. The summed E-state index contributed by atoms with van der Waals surface area (Å²) in [5.74, 6) is 0.540. The van der Waals surface area contributed by atoms with Gasteiger partial charge in [0, 0.05) is 24.5 Å². The summed E-state index contributed by atoms with van der Waals surface area (Å²) < 4.78 is 0. The Balaban J connectivity index is 2.21. The van der Waals surface area contributed by atoms with Crippen molar-refractivity contribution in [3.05, 3.63) is 18.3 Å². The molecule has 1 fully saturated rings. The van der Waals surface area contributed by atoms with Crippen LogP contribution in [0.15, 0.2) is 18.3 Å². The number of anilines is 2. The number of nitrogens with zero attached hydrogens (tertiary/aromatic N) is 2. The number of rotatable bonds is 2. The van der Waals surface area contributed by atoms with Gasteiger partial charge in [0.2, 0.25) is 0 Å². The minimum absolute atomic E-state index is 0.211. The summed E-state index contributed by atoms with van der Waals surface area (Å²) in [6, 6.07) is 4.07. The lowest BCUT2D eigenvalue weighted by Gasteiger charge is -2.30. The zero-order valence-electron chi connectivity index (χ0n) is 9.47. The molecule has 1 aromatic rings. The highest BCUT2D eigenvalue weighted by atomic mass is 16.3. The molecule has 1 aromatic heterocycles. The zero-order chi connectivity index (χ0) is 11.4. The molecule has 16 heavy (non-hydrogen) atoms. The van der Waals surface area contributed by atoms with E-state index in [1.807, 2.05) is 12.1 Å². The first-order valence-corrected chi connectivity index (χ1v) is 5.90. The van der Waals surface area contributed by atoms with E-state index in [4.69, 9.17) is 5.73 Å². The molecule has 1 aliphatic heterocycles. The quantitative estimate of drug-likeness (QED) is 0.792. The SMILES string of the molecule is Nc1cc(N2CCCCCC2CO)ccn1. The number of nitrogen functional groups attached to an aromatic ring is 1. The van der Waals surface area contributed by atoms with Crippen molar-refractivity contribution in [2.24, 2.45) is 0 Å². The van der Waals surface area contributed by atoms with Gasteiger partial charge in [-0.1, -0.05) is 12.8 Å². The van der Waals surface area contributed by atoms with Crippen LogP contribution in [0.25, 0.3) is 0 Å². The molecule has 1 saturated heterocycles. The lowest BCUT2D eigenvalue weighted by atomic mass is 10.1. The fourth-order valence-electron chi connectivity index (χ4n) is 2.32. The molecule has 88 valence electrons. The maximum Gasteiger partial charge on any atom is 0.125 e. The lowest BCUT2D eigenvalue weighted by Crippen LogP contribution is -2.37. The van der Waals surface area contributed by atoms with E-state index < -0.39 is 0 Å². The van der Waals surface area contributed by atoms with E-state index in [0.717, 1.165) is 18.7 Å². The molecule has 2 rings (SSSR count). The van der Waals surface area contributed by atoms with E-state index in [1.54, 1.807) is 6.20 Å². The molecule has 0 spiro atoms. The second kappa shape index (κ2) is 5.16. The van der Waals surface area contributed by atoms with Gasteiger partial charge in [-0.25, -0.2) is 4.98 Å². The van der Waals surface area contributed by atoms with Crippen molar-refractivity contribution >= 4 is 11.5 Å². The van der Waals surface area contributed by atoms with Gasteiger partial charge in [0.1, 0.15) is 5.82 Å². The predicted molar refractivity (Wildman–Crippen MR) is 65.3 cm³/mol. The van der Waals surface area contributed by atoms with E-state index in [0.29, 0.717) is 5.82 Å². The van der Waals surface area contributed by atoms with Crippen LogP contribution in [-0.2, 0) is 0 Å². The fraction of sp³-hybridized carbons (Fsp3) is 0.583. The molecule has 0 aromatic carbocycles. The number of aliphatic hydroxyl groups is 1. The second-order valence-electron chi connectivity index (χ2n) is 4.32. The van der Waals surface area contributed by atoms with Gasteiger partial charge in [0.05, 0.1) is 12.6 Å². The summed E-state index contributed by atoms with van der Waals surface area (Å²) in [5, 5.41) is 9.43. The number of hydrogen-bond acceptors (Lipinski definition) is 4. The first-order valence-electron chi connectivity index (χ1n) is 5.90. The molecular weight excluding hydrogens is 202 g/mol. The van der Waals surface area contributed by atoms with Crippen molar-refractivity contribution in [2.75, 3.05) is 23.8 Å². The van der Waals surface area contributed by atoms with Gasteiger partial charge in [-0.15, -0.1) is 0 Å². The van der Waals surface area contributed by atoms with Gasteiger partial charge >= 0.3 is 0 Å². The van der Waals surface area contributed by atoms with E-state index in [9.17, 15) is 5.11 Å². The van der Waals surface area contributed by atoms with Crippen molar-refractivity contribution in [1.82, 2.24) is 4.98 Å². The van der Waals surface area contributed by atoms with Gasteiger partial charge in [-0.3, -0.25) is 0 Å². The van der Waals surface area contributed by atoms with Crippen molar-refractivity contribution in [3.8, 4) is 0 Å². The molecule has 0 bridgehead atoms. The topological polar surface area (TPSA) is 62.4 Å². The summed E-state index contributed by atoms with van der Waals surface area (Å²) in [5.41, 5.74) is 6.77. The van der Waals surface area contributed by atoms with E-state index >= 15 is 0 Å². The van der Waals surface area contributed by atoms with Crippen LogP contribution >= 0.6 is 0 Å². The van der Waals surface area contributed by atoms with Crippen LogP contribution in [0.1, 0.15) is 25.7 Å². The molecule has 4 nitrogen and oxygen atoms in total. The largest absolute Gasteiger partial charge is 0.394 e. The third-order valence-corrected chi connectivity index (χ3v) is 3.18. The predicted octanol–water partition coefficient (Wildman–Crippen LogP) is 1.41. The minimum atomic E-state index is 0.211. The van der Waals surface area contributed by atoms with Crippen LogP contribution in [0.2, 0.25) is 0 Å².